The van der Waals surface area contributed by atoms with E-state index >= 15 is 0 Å². The zero-order valence-corrected chi connectivity index (χ0v) is 6.96. The van der Waals surface area contributed by atoms with Crippen LogP contribution in [0, 0.1) is 0 Å². The third-order valence-electron chi connectivity index (χ3n) is 1.04. The Morgan fingerprint density at radius 3 is 1.69 bits per heavy atom. The number of benzene rings is 1. The number of rotatable bonds is 2. The van der Waals surface area contributed by atoms with Gasteiger partial charge in [-0.1, -0.05) is 18.2 Å². The Bertz CT molecular complexity index is 243. The van der Waals surface area contributed by atoms with Crippen molar-refractivity contribution >= 4 is 18.5 Å². The molecule has 0 spiro atoms. The van der Waals surface area contributed by atoms with Gasteiger partial charge in [0.05, 0.1) is 0 Å². The van der Waals surface area contributed by atoms with Crippen molar-refractivity contribution in [2.75, 3.05) is 5.73 Å². The fourth-order valence-corrected chi connectivity index (χ4v) is 0.478. The fraction of sp³-hybridized carbons (Fsp3) is 0. The number of amides is 2. The molecule has 5 nitrogen and oxygen atoms in total. The van der Waals surface area contributed by atoms with Gasteiger partial charge in [-0.3, -0.25) is 9.59 Å². The molecule has 0 aliphatic carbocycles. The number of anilines is 1. The maximum atomic E-state index is 9.31. The van der Waals surface area contributed by atoms with Crippen molar-refractivity contribution < 1.29 is 9.59 Å². The predicted octanol–water partition coefficient (Wildman–Crippen LogP) is -0.256. The molecule has 0 aromatic heterocycles. The van der Waals surface area contributed by atoms with Gasteiger partial charge in [-0.25, -0.2) is 10.9 Å². The Balaban J connectivity index is 0.000000226. The van der Waals surface area contributed by atoms with Crippen molar-refractivity contribution in [3.63, 3.8) is 0 Å². The van der Waals surface area contributed by atoms with Crippen molar-refractivity contribution in [1.82, 2.24) is 5.01 Å². The monoisotopic (exact) mass is 181 g/mol. The van der Waals surface area contributed by atoms with Gasteiger partial charge in [0.1, 0.15) is 0 Å². The van der Waals surface area contributed by atoms with Crippen molar-refractivity contribution in [2.24, 2.45) is 5.84 Å². The first kappa shape index (κ1) is 11.1. The summed E-state index contributed by atoms with van der Waals surface area (Å²) in [5, 5.41) is 0.389. The highest BCUT2D eigenvalue weighted by Gasteiger charge is 1.79. The summed E-state index contributed by atoms with van der Waals surface area (Å²) >= 11 is 0. The Kier molecular flexibility index (Phi) is 5.82. The highest BCUT2D eigenvalue weighted by atomic mass is 16.2. The number of imide groups is 1. The lowest BCUT2D eigenvalue weighted by Crippen LogP contribution is -2.26. The van der Waals surface area contributed by atoms with Crippen molar-refractivity contribution in [2.45, 2.75) is 0 Å². The maximum Gasteiger partial charge on any atom is 0.230 e. The molecule has 0 fully saturated rings. The minimum absolute atomic E-state index is 0.215. The first-order valence-electron chi connectivity index (χ1n) is 3.45. The normalized spacial score (nSPS) is 7.77. The quantitative estimate of drug-likeness (QED) is 0.216. The number of hydrogen-bond acceptors (Lipinski definition) is 4. The van der Waals surface area contributed by atoms with E-state index in [9.17, 15) is 9.59 Å². The third-order valence-corrected chi connectivity index (χ3v) is 1.04. The van der Waals surface area contributed by atoms with Gasteiger partial charge in [0.25, 0.3) is 0 Å². The van der Waals surface area contributed by atoms with Crippen LogP contribution in [-0.4, -0.2) is 17.8 Å². The Morgan fingerprint density at radius 2 is 1.54 bits per heavy atom. The zero-order chi connectivity index (χ0) is 10.1. The second-order valence-electron chi connectivity index (χ2n) is 2.07. The molecule has 0 unspecified atom stereocenters. The zero-order valence-electron chi connectivity index (χ0n) is 6.96. The summed E-state index contributed by atoms with van der Waals surface area (Å²) in [7, 11) is 0. The van der Waals surface area contributed by atoms with Gasteiger partial charge in [-0.2, -0.15) is 0 Å². The Labute approximate surface area is 75.9 Å². The molecule has 0 saturated heterocycles. The third kappa shape index (κ3) is 6.52. The first-order chi connectivity index (χ1) is 6.20. The van der Waals surface area contributed by atoms with Gasteiger partial charge in [-0.05, 0) is 12.1 Å². The fourth-order valence-electron chi connectivity index (χ4n) is 0.478. The lowest BCUT2D eigenvalue weighted by atomic mass is 10.3. The van der Waals surface area contributed by atoms with E-state index in [2.05, 4.69) is 5.84 Å². The summed E-state index contributed by atoms with van der Waals surface area (Å²) < 4.78 is 0. The van der Waals surface area contributed by atoms with Crippen LogP contribution in [0.15, 0.2) is 30.3 Å². The lowest BCUT2D eigenvalue weighted by molar-refractivity contribution is -0.129. The number of nitrogens with zero attached hydrogens (tertiary/aromatic N) is 1. The molecule has 0 aliphatic rings. The SMILES string of the molecule is NN(C=O)C=O.Nc1ccccc1. The van der Waals surface area contributed by atoms with Crippen LogP contribution >= 0.6 is 0 Å². The van der Waals surface area contributed by atoms with Crippen molar-refractivity contribution in [3.05, 3.63) is 30.3 Å². The second-order valence-corrected chi connectivity index (χ2v) is 2.07. The van der Waals surface area contributed by atoms with E-state index in [4.69, 9.17) is 5.73 Å². The number of nitrogen functional groups attached to an aromatic ring is 1. The summed E-state index contributed by atoms with van der Waals surface area (Å²) in [5.41, 5.74) is 6.18. The lowest BCUT2D eigenvalue weighted by Gasteiger charge is -1.91. The van der Waals surface area contributed by atoms with Crippen LogP contribution in [0.4, 0.5) is 5.69 Å². The molecule has 4 N–H and O–H groups in total. The molecule has 1 aromatic carbocycles. The summed E-state index contributed by atoms with van der Waals surface area (Å²) in [6.45, 7) is 0. The molecule has 0 radical (unpaired) electrons. The molecule has 5 heteroatoms. The second kappa shape index (κ2) is 6.81. The molecule has 0 aliphatic heterocycles. The number of hydrogen-bond donors (Lipinski definition) is 2. The molecule has 1 rings (SSSR count). The average molecular weight is 181 g/mol. The Morgan fingerprint density at radius 1 is 1.08 bits per heavy atom. The van der Waals surface area contributed by atoms with E-state index in [1.165, 1.54) is 0 Å². The van der Waals surface area contributed by atoms with E-state index < -0.39 is 0 Å². The van der Waals surface area contributed by atoms with Gasteiger partial charge in [0.15, 0.2) is 0 Å². The number of carbonyl (C=O) groups is 2. The largest absolute Gasteiger partial charge is 0.399 e. The van der Waals surface area contributed by atoms with Crippen LogP contribution in [0.25, 0.3) is 0 Å². The minimum Gasteiger partial charge on any atom is -0.399 e. The van der Waals surface area contributed by atoms with E-state index in [0.29, 0.717) is 5.01 Å². The molecule has 1 aromatic rings. The van der Waals surface area contributed by atoms with Crippen LogP contribution in [0.1, 0.15) is 0 Å². The van der Waals surface area contributed by atoms with Gasteiger partial charge in [0.2, 0.25) is 12.8 Å². The van der Waals surface area contributed by atoms with E-state index in [-0.39, 0.29) is 12.8 Å². The van der Waals surface area contributed by atoms with Crippen LogP contribution in [0.3, 0.4) is 0 Å². The number of para-hydroxylation sites is 1. The number of hydrazine groups is 1. The molecular formula is C8H11N3O2. The van der Waals surface area contributed by atoms with E-state index in [1.54, 1.807) is 0 Å². The maximum absolute atomic E-state index is 9.31. The number of nitrogens with two attached hydrogens (primary N) is 2. The summed E-state index contributed by atoms with van der Waals surface area (Å²) in [5.74, 6) is 4.57. The highest BCUT2D eigenvalue weighted by Crippen LogP contribution is 1.95. The van der Waals surface area contributed by atoms with E-state index in [0.717, 1.165) is 5.69 Å². The molecule has 0 heterocycles. The molecule has 0 bridgehead atoms. The summed E-state index contributed by atoms with van der Waals surface area (Å²) in [4.78, 5) is 18.6. The van der Waals surface area contributed by atoms with Crippen LogP contribution in [-0.2, 0) is 9.59 Å². The predicted molar refractivity (Wildman–Crippen MR) is 49.0 cm³/mol. The van der Waals surface area contributed by atoms with Crippen molar-refractivity contribution in [3.8, 4) is 0 Å². The smallest absolute Gasteiger partial charge is 0.230 e. The van der Waals surface area contributed by atoms with Gasteiger partial charge < -0.3 is 5.73 Å². The standard InChI is InChI=1S/C6H7N.C2H4N2O2/c7-6-4-2-1-3-5-6;3-4(1-5)2-6/h1-5H,7H2;1-2H,3H2. The molecule has 13 heavy (non-hydrogen) atoms. The molecule has 0 saturated carbocycles. The molecule has 0 atom stereocenters. The van der Waals surface area contributed by atoms with Crippen LogP contribution < -0.4 is 11.6 Å². The topological polar surface area (TPSA) is 89.4 Å². The van der Waals surface area contributed by atoms with Gasteiger partial charge in [0, 0.05) is 5.69 Å². The van der Waals surface area contributed by atoms with Crippen LogP contribution in [0.5, 0.6) is 0 Å². The first-order valence-corrected chi connectivity index (χ1v) is 3.45. The summed E-state index contributed by atoms with van der Waals surface area (Å²) in [6, 6.07) is 9.49. The molecule has 2 amide bonds. The van der Waals surface area contributed by atoms with Crippen LogP contribution in [0.2, 0.25) is 0 Å². The average Bonchev–Trinajstić information content (AvgIpc) is 2.19. The minimum atomic E-state index is 0.215. The molecular weight excluding hydrogens is 170 g/mol. The van der Waals surface area contributed by atoms with Crippen molar-refractivity contribution in [1.29, 1.82) is 0 Å². The van der Waals surface area contributed by atoms with E-state index in [1.807, 2.05) is 30.3 Å². The highest BCUT2D eigenvalue weighted by molar-refractivity contribution is 5.66. The Hall–Kier alpha value is -1.88. The summed E-state index contributed by atoms with van der Waals surface area (Å²) in [6.07, 6.45) is 0.431. The number of carbonyl (C=O) groups excluding carboxylic acids is 2. The van der Waals surface area contributed by atoms with Gasteiger partial charge >= 0.3 is 0 Å². The molecule has 70 valence electrons. The van der Waals surface area contributed by atoms with Gasteiger partial charge in [-0.15, -0.1) is 0 Å².